The van der Waals surface area contributed by atoms with Crippen LogP contribution < -0.4 is 5.73 Å². The number of aliphatic hydroxyl groups is 1. The number of aryl methyl sites for hydroxylation is 1. The topological polar surface area (TPSA) is 77.0 Å². The van der Waals surface area contributed by atoms with Crippen LogP contribution in [0.4, 0.5) is 0 Å². The number of aromatic nitrogens is 3. The molecule has 0 spiro atoms. The van der Waals surface area contributed by atoms with E-state index >= 15 is 0 Å². The van der Waals surface area contributed by atoms with Crippen molar-refractivity contribution in [2.75, 3.05) is 0 Å². The zero-order valence-electron chi connectivity index (χ0n) is 6.60. The van der Waals surface area contributed by atoms with Gasteiger partial charge in [-0.15, -0.1) is 0 Å². The number of hydrogen-bond acceptors (Lipinski definition) is 4. The Bertz CT molecular complexity index is 232. The van der Waals surface area contributed by atoms with Gasteiger partial charge in [0.05, 0.1) is 12.1 Å². The molecule has 0 aliphatic carbocycles. The molecule has 62 valence electrons. The van der Waals surface area contributed by atoms with Crippen LogP contribution in [-0.2, 0) is 7.05 Å². The van der Waals surface area contributed by atoms with Gasteiger partial charge < -0.3 is 10.8 Å². The van der Waals surface area contributed by atoms with Gasteiger partial charge in [0.25, 0.3) is 0 Å². The lowest BCUT2D eigenvalue weighted by atomic mass is 10.2. The maximum absolute atomic E-state index is 9.11. The molecule has 2 unspecified atom stereocenters. The van der Waals surface area contributed by atoms with Crippen molar-refractivity contribution in [3.63, 3.8) is 0 Å². The molecule has 2 atom stereocenters. The lowest BCUT2D eigenvalue weighted by Crippen LogP contribution is -2.26. The molecule has 3 N–H and O–H groups in total. The number of nitrogens with zero attached hydrogens (tertiary/aromatic N) is 3. The Kier molecular flexibility index (Phi) is 2.21. The molecule has 0 bridgehead atoms. The van der Waals surface area contributed by atoms with E-state index in [-0.39, 0.29) is 0 Å². The molecule has 1 aromatic heterocycles. The molecule has 5 nitrogen and oxygen atoms in total. The summed E-state index contributed by atoms with van der Waals surface area (Å²) in [6, 6.07) is -0.456. The molecule has 1 heterocycles. The highest BCUT2D eigenvalue weighted by Crippen LogP contribution is 2.08. The third-order valence-electron chi connectivity index (χ3n) is 1.56. The van der Waals surface area contributed by atoms with Crippen molar-refractivity contribution in [3.05, 3.63) is 12.2 Å². The zero-order chi connectivity index (χ0) is 8.43. The molecule has 1 aromatic rings. The van der Waals surface area contributed by atoms with Crippen LogP contribution in [0.25, 0.3) is 0 Å². The third-order valence-corrected chi connectivity index (χ3v) is 1.56. The first-order chi connectivity index (χ1) is 5.13. The van der Waals surface area contributed by atoms with E-state index in [4.69, 9.17) is 10.8 Å². The Hall–Kier alpha value is -0.940. The molecule has 1 rings (SSSR count). The van der Waals surface area contributed by atoms with Crippen molar-refractivity contribution >= 4 is 0 Å². The first-order valence-electron chi connectivity index (χ1n) is 3.40. The summed E-state index contributed by atoms with van der Waals surface area (Å²) in [4.78, 5) is 3.90. The van der Waals surface area contributed by atoms with Crippen molar-refractivity contribution in [2.45, 2.75) is 19.1 Å². The van der Waals surface area contributed by atoms with E-state index in [0.717, 1.165) is 0 Å². The number of rotatable bonds is 2. The fraction of sp³-hybridized carbons (Fsp3) is 0.667. The average Bonchev–Trinajstić information content (AvgIpc) is 2.33. The minimum atomic E-state index is -0.599. The van der Waals surface area contributed by atoms with Gasteiger partial charge in [0.2, 0.25) is 0 Å². The Morgan fingerprint density at radius 2 is 2.36 bits per heavy atom. The summed E-state index contributed by atoms with van der Waals surface area (Å²) in [5.74, 6) is 0.597. The fourth-order valence-electron chi connectivity index (χ4n) is 0.823. The molecular formula is C6H12N4O. The van der Waals surface area contributed by atoms with Crippen molar-refractivity contribution in [1.29, 1.82) is 0 Å². The predicted molar refractivity (Wildman–Crippen MR) is 39.6 cm³/mol. The van der Waals surface area contributed by atoms with Crippen molar-refractivity contribution < 1.29 is 5.11 Å². The van der Waals surface area contributed by atoms with E-state index in [9.17, 15) is 0 Å². The molecule has 0 aliphatic rings. The predicted octanol–water partition coefficient (Wildman–Crippen LogP) is -0.804. The standard InChI is InChI=1S/C6H12N4O/c1-4(11)5(7)6-8-3-9-10(6)2/h3-5,11H,7H2,1-2H3. The second-order valence-electron chi connectivity index (χ2n) is 2.51. The Morgan fingerprint density at radius 1 is 1.73 bits per heavy atom. The molecule has 0 aromatic carbocycles. The monoisotopic (exact) mass is 156 g/mol. The summed E-state index contributed by atoms with van der Waals surface area (Å²) in [7, 11) is 1.74. The summed E-state index contributed by atoms with van der Waals surface area (Å²) in [6.45, 7) is 1.62. The maximum Gasteiger partial charge on any atom is 0.146 e. The van der Waals surface area contributed by atoms with E-state index in [2.05, 4.69) is 10.1 Å². The summed E-state index contributed by atoms with van der Waals surface area (Å²) in [6.07, 6.45) is 0.815. The highest BCUT2D eigenvalue weighted by Gasteiger charge is 2.16. The van der Waals surface area contributed by atoms with Gasteiger partial charge in [-0.2, -0.15) is 5.10 Å². The first-order valence-corrected chi connectivity index (χ1v) is 3.40. The number of nitrogens with two attached hydrogens (primary N) is 1. The quantitative estimate of drug-likeness (QED) is 0.587. The molecule has 0 fully saturated rings. The van der Waals surface area contributed by atoms with Crippen LogP contribution in [0.2, 0.25) is 0 Å². The molecule has 0 aliphatic heterocycles. The Morgan fingerprint density at radius 3 is 2.73 bits per heavy atom. The average molecular weight is 156 g/mol. The first kappa shape index (κ1) is 8.16. The van der Waals surface area contributed by atoms with Crippen LogP contribution in [0.5, 0.6) is 0 Å². The van der Waals surface area contributed by atoms with E-state index < -0.39 is 12.1 Å². The maximum atomic E-state index is 9.11. The highest BCUT2D eigenvalue weighted by molar-refractivity contribution is 4.94. The molecule has 0 radical (unpaired) electrons. The van der Waals surface area contributed by atoms with Gasteiger partial charge in [-0.05, 0) is 6.92 Å². The van der Waals surface area contributed by atoms with E-state index in [1.54, 1.807) is 18.7 Å². The van der Waals surface area contributed by atoms with Gasteiger partial charge in [0.1, 0.15) is 12.2 Å². The van der Waals surface area contributed by atoms with Crippen LogP contribution in [0.1, 0.15) is 18.8 Å². The second-order valence-corrected chi connectivity index (χ2v) is 2.51. The van der Waals surface area contributed by atoms with Crippen LogP contribution in [-0.4, -0.2) is 26.0 Å². The molecular weight excluding hydrogens is 144 g/mol. The summed E-state index contributed by atoms with van der Waals surface area (Å²) < 4.78 is 1.55. The second kappa shape index (κ2) is 2.98. The summed E-state index contributed by atoms with van der Waals surface area (Å²) in [5, 5.41) is 12.9. The highest BCUT2D eigenvalue weighted by atomic mass is 16.3. The van der Waals surface area contributed by atoms with Crippen LogP contribution in [0.3, 0.4) is 0 Å². The summed E-state index contributed by atoms with van der Waals surface area (Å²) >= 11 is 0. The van der Waals surface area contributed by atoms with Gasteiger partial charge in [-0.25, -0.2) is 4.98 Å². The molecule has 5 heteroatoms. The molecule has 11 heavy (non-hydrogen) atoms. The smallest absolute Gasteiger partial charge is 0.146 e. The Labute approximate surface area is 64.9 Å². The van der Waals surface area contributed by atoms with Gasteiger partial charge in [-0.1, -0.05) is 0 Å². The van der Waals surface area contributed by atoms with Gasteiger partial charge in [-0.3, -0.25) is 4.68 Å². The largest absolute Gasteiger partial charge is 0.391 e. The van der Waals surface area contributed by atoms with E-state index in [1.165, 1.54) is 6.33 Å². The fourth-order valence-corrected chi connectivity index (χ4v) is 0.823. The van der Waals surface area contributed by atoms with Crippen LogP contribution >= 0.6 is 0 Å². The van der Waals surface area contributed by atoms with Crippen molar-refractivity contribution in [3.8, 4) is 0 Å². The van der Waals surface area contributed by atoms with Crippen LogP contribution in [0, 0.1) is 0 Å². The molecule has 0 saturated heterocycles. The van der Waals surface area contributed by atoms with Crippen molar-refractivity contribution in [2.24, 2.45) is 12.8 Å². The molecule has 0 saturated carbocycles. The van der Waals surface area contributed by atoms with E-state index in [0.29, 0.717) is 5.82 Å². The zero-order valence-corrected chi connectivity index (χ0v) is 6.60. The minimum Gasteiger partial charge on any atom is -0.391 e. The SMILES string of the molecule is CC(O)C(N)c1ncnn1C. The molecule has 0 amide bonds. The van der Waals surface area contributed by atoms with Gasteiger partial charge >= 0.3 is 0 Å². The lowest BCUT2D eigenvalue weighted by Gasteiger charge is -2.12. The lowest BCUT2D eigenvalue weighted by molar-refractivity contribution is 0.158. The minimum absolute atomic E-state index is 0.456. The number of aliphatic hydroxyl groups excluding tert-OH is 1. The number of hydrogen-bond donors (Lipinski definition) is 2. The normalized spacial score (nSPS) is 16.4. The van der Waals surface area contributed by atoms with Gasteiger partial charge in [0.15, 0.2) is 0 Å². The third kappa shape index (κ3) is 1.55. The van der Waals surface area contributed by atoms with E-state index in [1.807, 2.05) is 0 Å². The van der Waals surface area contributed by atoms with Crippen molar-refractivity contribution in [1.82, 2.24) is 14.8 Å². The summed E-state index contributed by atoms with van der Waals surface area (Å²) in [5.41, 5.74) is 5.61. The van der Waals surface area contributed by atoms with Crippen LogP contribution in [0.15, 0.2) is 6.33 Å². The Balaban J connectivity index is 2.84. The van der Waals surface area contributed by atoms with Gasteiger partial charge in [0, 0.05) is 7.05 Å².